The minimum atomic E-state index is -0.195. The molecule has 70 heavy (non-hydrogen) atoms. The van der Waals surface area contributed by atoms with Gasteiger partial charge in [-0.05, 0) is 84.5 Å². The van der Waals surface area contributed by atoms with Crippen molar-refractivity contribution in [2.75, 3.05) is 101 Å². The van der Waals surface area contributed by atoms with E-state index in [1.54, 1.807) is 46.5 Å². The first-order chi connectivity index (χ1) is 34.1. The first-order valence-electron chi connectivity index (χ1n) is 23.9. The predicted molar refractivity (Wildman–Crippen MR) is 270 cm³/mol. The molecule has 0 fully saturated rings. The molecule has 0 radical (unpaired) electrons. The Morgan fingerprint density at radius 1 is 0.671 bits per heavy atom. The zero-order valence-corrected chi connectivity index (χ0v) is 40.6. The second kappa shape index (κ2) is 21.8. The number of carbonyl (C=O) groups is 3. The number of rotatable bonds is 22. The SMILES string of the molecule is COCCOCCOCCN(CCCC(C)=O)c1cc(COc2cc3c(cc2OC)C(=O)N2c4ccccc4C[C@H]2C=N3)cc(COc2cc3c(cc2OC)C(=O)N2c4ccccc4C[C@H]2CN3C)c1. The molecule has 0 aliphatic carbocycles. The zero-order chi connectivity index (χ0) is 48.7. The second-order valence-corrected chi connectivity index (χ2v) is 18.0. The maximum absolute atomic E-state index is 14.3. The number of ether oxygens (including phenoxy) is 7. The van der Waals surface area contributed by atoms with Crippen LogP contribution in [0.25, 0.3) is 0 Å². The number of fused-ring (bicyclic) bond motifs is 8. The van der Waals surface area contributed by atoms with Crippen LogP contribution in [0.2, 0.25) is 0 Å². The van der Waals surface area contributed by atoms with Gasteiger partial charge in [-0.1, -0.05) is 36.4 Å². The van der Waals surface area contributed by atoms with Crippen molar-refractivity contribution in [3.8, 4) is 23.0 Å². The molecule has 4 aliphatic rings. The van der Waals surface area contributed by atoms with Crippen molar-refractivity contribution >= 4 is 52.2 Å². The summed E-state index contributed by atoms with van der Waals surface area (Å²) in [6, 6.07) is 29.2. The number of hydrogen-bond donors (Lipinski definition) is 0. The molecule has 0 spiro atoms. The number of carbonyl (C=O) groups excluding carboxylic acids is 3. The van der Waals surface area contributed by atoms with Gasteiger partial charge in [0.15, 0.2) is 23.0 Å². The van der Waals surface area contributed by atoms with Crippen LogP contribution < -0.4 is 38.5 Å². The molecule has 5 aromatic rings. The summed E-state index contributed by atoms with van der Waals surface area (Å²) in [5.74, 6) is 1.70. The Hall–Kier alpha value is -6.94. The van der Waals surface area contributed by atoms with Crippen molar-refractivity contribution in [1.82, 2.24) is 0 Å². The molecule has 0 bridgehead atoms. The molecule has 9 rings (SSSR count). The van der Waals surface area contributed by atoms with E-state index in [1.165, 1.54) is 5.56 Å². The van der Waals surface area contributed by atoms with E-state index in [9.17, 15) is 14.4 Å². The molecule has 4 heterocycles. The van der Waals surface area contributed by atoms with Gasteiger partial charge in [-0.2, -0.15) is 0 Å². The molecule has 0 N–H and O–H groups in total. The fourth-order valence-electron chi connectivity index (χ4n) is 9.87. The van der Waals surface area contributed by atoms with Crippen LogP contribution in [0.3, 0.4) is 0 Å². The molecular formula is C55H61N5O10. The lowest BCUT2D eigenvalue weighted by Crippen LogP contribution is -2.41. The Kier molecular flexibility index (Phi) is 15.0. The van der Waals surface area contributed by atoms with Gasteiger partial charge in [0.2, 0.25) is 0 Å². The number of para-hydroxylation sites is 2. The lowest BCUT2D eigenvalue weighted by atomic mass is 10.1. The molecule has 15 nitrogen and oxygen atoms in total. The summed E-state index contributed by atoms with van der Waals surface area (Å²) in [6.45, 7) is 6.03. The molecular weight excluding hydrogens is 891 g/mol. The summed E-state index contributed by atoms with van der Waals surface area (Å²) >= 11 is 0. The Bertz CT molecular complexity index is 2760. The number of aliphatic imine (C=N–C) groups is 1. The van der Waals surface area contributed by atoms with E-state index < -0.39 is 0 Å². The third kappa shape index (κ3) is 10.3. The number of ketones is 1. The van der Waals surface area contributed by atoms with Gasteiger partial charge >= 0.3 is 0 Å². The smallest absolute Gasteiger partial charge is 0.261 e. The third-order valence-electron chi connectivity index (χ3n) is 13.3. The van der Waals surface area contributed by atoms with Crippen LogP contribution in [0.4, 0.5) is 28.4 Å². The number of Topliss-reactive ketones (excluding diaryl/α,β-unsaturated/α-hetero) is 1. The second-order valence-electron chi connectivity index (χ2n) is 18.0. The quantitative estimate of drug-likeness (QED) is 0.0621. The van der Waals surface area contributed by atoms with Crippen LogP contribution >= 0.6 is 0 Å². The highest BCUT2D eigenvalue weighted by Gasteiger charge is 2.40. The maximum Gasteiger partial charge on any atom is 0.261 e. The lowest BCUT2D eigenvalue weighted by Gasteiger charge is -2.26. The Morgan fingerprint density at radius 2 is 1.29 bits per heavy atom. The minimum absolute atomic E-state index is 0.00377. The zero-order valence-electron chi connectivity index (χ0n) is 40.6. The highest BCUT2D eigenvalue weighted by Crippen LogP contribution is 2.44. The van der Waals surface area contributed by atoms with Crippen molar-refractivity contribution in [1.29, 1.82) is 0 Å². The Morgan fingerprint density at radius 3 is 1.97 bits per heavy atom. The lowest BCUT2D eigenvalue weighted by molar-refractivity contribution is -0.117. The van der Waals surface area contributed by atoms with Crippen LogP contribution in [-0.2, 0) is 45.1 Å². The Labute approximate surface area is 409 Å². The summed E-state index contributed by atoms with van der Waals surface area (Å²) < 4.78 is 41.7. The van der Waals surface area contributed by atoms with E-state index in [2.05, 4.69) is 28.0 Å². The molecule has 5 aromatic carbocycles. The van der Waals surface area contributed by atoms with E-state index in [-0.39, 0.29) is 42.9 Å². The van der Waals surface area contributed by atoms with Crippen molar-refractivity contribution < 1.29 is 47.5 Å². The third-order valence-corrected chi connectivity index (χ3v) is 13.3. The Balaban J connectivity index is 0.994. The van der Waals surface area contributed by atoms with E-state index >= 15 is 0 Å². The number of amides is 2. The standard InChI is InChI=1S/C55H61N5O10/c1-36(61)11-10-16-58(17-18-67-21-22-68-20-19-64-3)41-24-37(34-69-52-30-46-44(28-50(52)65-4)54(62)59-42(32-56-46)26-39-12-6-8-14-47(39)59)23-38(25-41)35-70-53-31-49-45(29-51(53)66-5)55(63)60-43(33-57(49)2)27-40-13-7-9-15-48(40)60/h6-9,12-15,23-25,28-32,42-43H,10-11,16-22,26-27,33-35H2,1-5H3/t42-,43-/m0/s1. The van der Waals surface area contributed by atoms with Gasteiger partial charge in [0.25, 0.3) is 11.8 Å². The number of likely N-dealkylation sites (N-methyl/N-ethyl adjacent to an activating group) is 1. The van der Waals surface area contributed by atoms with E-state index in [1.807, 2.05) is 77.7 Å². The minimum Gasteiger partial charge on any atom is -0.493 e. The van der Waals surface area contributed by atoms with E-state index in [4.69, 9.17) is 38.2 Å². The molecule has 4 aliphatic heterocycles. The first-order valence-corrected chi connectivity index (χ1v) is 23.9. The number of anilines is 4. The van der Waals surface area contributed by atoms with E-state index in [0.717, 1.165) is 45.9 Å². The average Bonchev–Trinajstić information content (AvgIpc) is 3.87. The number of benzene rings is 5. The van der Waals surface area contributed by atoms with Gasteiger partial charge in [-0.3, -0.25) is 19.5 Å². The summed E-state index contributed by atoms with van der Waals surface area (Å²) in [7, 11) is 6.79. The number of methoxy groups -OCH3 is 3. The van der Waals surface area contributed by atoms with Gasteiger partial charge in [0.05, 0.1) is 81.8 Å². The summed E-state index contributed by atoms with van der Waals surface area (Å²) in [5.41, 5.74) is 8.95. The normalized spacial score (nSPS) is 16.4. The maximum atomic E-state index is 14.3. The van der Waals surface area contributed by atoms with Crippen LogP contribution in [0.15, 0.2) is 96.0 Å². The molecule has 0 unspecified atom stereocenters. The number of hydrogen-bond acceptors (Lipinski definition) is 13. The van der Waals surface area contributed by atoms with Crippen LogP contribution in [-0.4, -0.2) is 117 Å². The summed E-state index contributed by atoms with van der Waals surface area (Å²) in [6.07, 6.45) is 4.41. The average molecular weight is 952 g/mol. The van der Waals surface area contributed by atoms with Crippen molar-refractivity contribution in [2.24, 2.45) is 4.99 Å². The topological polar surface area (TPSA) is 141 Å². The molecule has 366 valence electrons. The van der Waals surface area contributed by atoms with Crippen molar-refractivity contribution in [3.05, 3.63) is 124 Å². The highest BCUT2D eigenvalue weighted by atomic mass is 16.5. The van der Waals surface area contributed by atoms with E-state index in [0.29, 0.717) is 112 Å². The van der Waals surface area contributed by atoms with Gasteiger partial charge in [-0.25, -0.2) is 0 Å². The van der Waals surface area contributed by atoms with Gasteiger partial charge in [-0.15, -0.1) is 0 Å². The molecule has 2 amide bonds. The molecule has 2 atom stereocenters. The fraction of sp³-hybridized carbons (Fsp3) is 0.382. The highest BCUT2D eigenvalue weighted by molar-refractivity contribution is 6.15. The molecule has 0 aromatic heterocycles. The van der Waals surface area contributed by atoms with Gasteiger partial charge in [0, 0.05) is 82.0 Å². The first kappa shape index (κ1) is 48.1. The molecule has 15 heteroatoms. The predicted octanol–water partition coefficient (Wildman–Crippen LogP) is 8.03. The summed E-state index contributed by atoms with van der Waals surface area (Å²) in [5, 5.41) is 0. The van der Waals surface area contributed by atoms with Crippen LogP contribution in [0.5, 0.6) is 23.0 Å². The van der Waals surface area contributed by atoms with Crippen LogP contribution in [0, 0.1) is 0 Å². The van der Waals surface area contributed by atoms with Gasteiger partial charge < -0.3 is 52.7 Å². The molecule has 0 saturated heterocycles. The van der Waals surface area contributed by atoms with Gasteiger partial charge in [0.1, 0.15) is 19.0 Å². The number of nitrogens with zero attached hydrogens (tertiary/aromatic N) is 5. The van der Waals surface area contributed by atoms with Crippen molar-refractivity contribution in [2.45, 2.75) is 57.9 Å². The van der Waals surface area contributed by atoms with Crippen LogP contribution in [0.1, 0.15) is 62.7 Å². The summed E-state index contributed by atoms with van der Waals surface area (Å²) in [4.78, 5) is 53.4. The largest absolute Gasteiger partial charge is 0.493 e. The molecule has 0 saturated carbocycles. The van der Waals surface area contributed by atoms with Crippen molar-refractivity contribution in [3.63, 3.8) is 0 Å². The fourth-order valence-corrected chi connectivity index (χ4v) is 9.87. The monoisotopic (exact) mass is 951 g/mol.